The Balaban J connectivity index is 2.25. The molecule has 0 amide bonds. The first-order chi connectivity index (χ1) is 9.98. The third kappa shape index (κ3) is 3.87. The van der Waals surface area contributed by atoms with Crippen molar-refractivity contribution in [1.29, 1.82) is 0 Å². The molecule has 1 fully saturated rings. The van der Waals surface area contributed by atoms with Gasteiger partial charge in [-0.3, -0.25) is 4.90 Å². The molecule has 1 aromatic rings. The Morgan fingerprint density at radius 3 is 2.38 bits per heavy atom. The minimum Gasteiger partial charge on any atom is -0.309 e. The molecule has 1 aliphatic rings. The lowest BCUT2D eigenvalue weighted by atomic mass is 9.88. The molecule has 1 aliphatic heterocycles. The van der Waals surface area contributed by atoms with Gasteiger partial charge in [0.1, 0.15) is 0 Å². The Kier molecular flexibility index (Phi) is 5.45. The Morgan fingerprint density at radius 1 is 1.19 bits per heavy atom. The van der Waals surface area contributed by atoms with Crippen LogP contribution in [0, 0.1) is 5.92 Å². The highest BCUT2D eigenvalue weighted by atomic mass is 15.3. The van der Waals surface area contributed by atoms with Crippen LogP contribution in [0.2, 0.25) is 0 Å². The molecule has 1 N–H and O–H groups in total. The summed E-state index contributed by atoms with van der Waals surface area (Å²) in [6.07, 6.45) is 2.53. The summed E-state index contributed by atoms with van der Waals surface area (Å²) in [5, 5.41) is 3.73. The van der Waals surface area contributed by atoms with Crippen molar-refractivity contribution in [2.75, 3.05) is 13.1 Å². The maximum absolute atomic E-state index is 3.73. The van der Waals surface area contributed by atoms with Gasteiger partial charge in [0.2, 0.25) is 0 Å². The fourth-order valence-corrected chi connectivity index (χ4v) is 3.77. The predicted molar refractivity (Wildman–Crippen MR) is 91.5 cm³/mol. The van der Waals surface area contributed by atoms with Crippen LogP contribution in [0.5, 0.6) is 0 Å². The molecule has 118 valence electrons. The van der Waals surface area contributed by atoms with E-state index in [1.54, 1.807) is 0 Å². The Hall–Kier alpha value is -0.860. The maximum atomic E-state index is 3.73. The minimum atomic E-state index is 0.200. The van der Waals surface area contributed by atoms with E-state index in [-0.39, 0.29) is 5.54 Å². The summed E-state index contributed by atoms with van der Waals surface area (Å²) in [4.78, 5) is 2.74. The van der Waals surface area contributed by atoms with Gasteiger partial charge in [-0.05, 0) is 32.3 Å². The van der Waals surface area contributed by atoms with Gasteiger partial charge in [-0.15, -0.1) is 0 Å². The first-order valence-corrected chi connectivity index (χ1v) is 8.54. The molecular formula is C19H32N2. The van der Waals surface area contributed by atoms with Crippen LogP contribution in [-0.2, 0) is 0 Å². The van der Waals surface area contributed by atoms with Crippen LogP contribution in [0.1, 0.15) is 59.1 Å². The van der Waals surface area contributed by atoms with Crippen molar-refractivity contribution in [1.82, 2.24) is 10.2 Å². The predicted octanol–water partition coefficient (Wildman–Crippen LogP) is 4.24. The number of hydrogen-bond donors (Lipinski definition) is 1. The first kappa shape index (κ1) is 16.5. The molecular weight excluding hydrogens is 256 g/mol. The van der Waals surface area contributed by atoms with Crippen molar-refractivity contribution in [3.05, 3.63) is 35.9 Å². The van der Waals surface area contributed by atoms with Crippen LogP contribution in [0.4, 0.5) is 0 Å². The molecule has 1 heterocycles. The summed E-state index contributed by atoms with van der Waals surface area (Å²) in [6, 6.07) is 12.1. The van der Waals surface area contributed by atoms with E-state index < -0.39 is 0 Å². The lowest BCUT2D eigenvalue weighted by Gasteiger charge is -2.49. The summed E-state index contributed by atoms with van der Waals surface area (Å²) in [6.45, 7) is 13.9. The molecule has 2 rings (SSSR count). The topological polar surface area (TPSA) is 15.3 Å². The van der Waals surface area contributed by atoms with E-state index in [2.05, 4.69) is 75.2 Å². The summed E-state index contributed by atoms with van der Waals surface area (Å²) in [5.74, 6) is 0.783. The van der Waals surface area contributed by atoms with Gasteiger partial charge < -0.3 is 5.32 Å². The average molecular weight is 288 g/mol. The van der Waals surface area contributed by atoms with Gasteiger partial charge in [-0.25, -0.2) is 0 Å². The van der Waals surface area contributed by atoms with Crippen molar-refractivity contribution >= 4 is 0 Å². The van der Waals surface area contributed by atoms with Crippen molar-refractivity contribution in [3.63, 3.8) is 0 Å². The Labute approximate surface area is 130 Å². The number of nitrogens with zero attached hydrogens (tertiary/aromatic N) is 1. The third-order valence-corrected chi connectivity index (χ3v) is 5.19. The lowest BCUT2D eigenvalue weighted by molar-refractivity contribution is 0.0333. The highest BCUT2D eigenvalue weighted by molar-refractivity contribution is 5.21. The molecule has 2 atom stereocenters. The monoisotopic (exact) mass is 288 g/mol. The summed E-state index contributed by atoms with van der Waals surface area (Å²) < 4.78 is 0. The Bertz CT molecular complexity index is 422. The molecule has 0 bridgehead atoms. The van der Waals surface area contributed by atoms with E-state index in [9.17, 15) is 0 Å². The van der Waals surface area contributed by atoms with E-state index in [4.69, 9.17) is 0 Å². The SMILES string of the molecule is CCC(CC)C(C)N1CC(C)(C)NCC1c1ccccc1. The van der Waals surface area contributed by atoms with Crippen LogP contribution in [0.25, 0.3) is 0 Å². The molecule has 0 radical (unpaired) electrons. The van der Waals surface area contributed by atoms with Crippen LogP contribution in [-0.4, -0.2) is 29.6 Å². The van der Waals surface area contributed by atoms with Gasteiger partial charge in [0.15, 0.2) is 0 Å². The highest BCUT2D eigenvalue weighted by Gasteiger charge is 2.37. The number of benzene rings is 1. The van der Waals surface area contributed by atoms with Crippen LogP contribution in [0.15, 0.2) is 30.3 Å². The molecule has 2 unspecified atom stereocenters. The molecule has 0 spiro atoms. The smallest absolute Gasteiger partial charge is 0.0476 e. The second-order valence-corrected chi connectivity index (χ2v) is 7.18. The normalized spacial score (nSPS) is 24.2. The second-order valence-electron chi connectivity index (χ2n) is 7.18. The first-order valence-electron chi connectivity index (χ1n) is 8.54. The second kappa shape index (κ2) is 6.93. The molecule has 0 aromatic heterocycles. The molecule has 2 nitrogen and oxygen atoms in total. The summed E-state index contributed by atoms with van der Waals surface area (Å²) in [7, 11) is 0. The van der Waals surface area contributed by atoms with Crippen LogP contribution >= 0.6 is 0 Å². The van der Waals surface area contributed by atoms with Gasteiger partial charge in [0.25, 0.3) is 0 Å². The fourth-order valence-electron chi connectivity index (χ4n) is 3.77. The molecule has 21 heavy (non-hydrogen) atoms. The van der Waals surface area contributed by atoms with Crippen molar-refractivity contribution in [2.24, 2.45) is 5.92 Å². The zero-order chi connectivity index (χ0) is 15.5. The van der Waals surface area contributed by atoms with Crippen LogP contribution in [0.3, 0.4) is 0 Å². The molecule has 0 aliphatic carbocycles. The standard InChI is InChI=1S/C19H32N2/c1-6-16(7-2)15(3)21-14-19(4,5)20-13-18(21)17-11-9-8-10-12-17/h8-12,15-16,18,20H,6-7,13-14H2,1-5H3. The lowest BCUT2D eigenvalue weighted by Crippen LogP contribution is -2.61. The zero-order valence-electron chi connectivity index (χ0n) is 14.4. The number of hydrogen-bond acceptors (Lipinski definition) is 2. The fraction of sp³-hybridized carbons (Fsp3) is 0.684. The minimum absolute atomic E-state index is 0.200. The molecule has 1 saturated heterocycles. The van der Waals surface area contributed by atoms with Crippen molar-refractivity contribution < 1.29 is 0 Å². The van der Waals surface area contributed by atoms with Crippen LogP contribution < -0.4 is 5.32 Å². The summed E-state index contributed by atoms with van der Waals surface area (Å²) in [5.41, 5.74) is 1.64. The van der Waals surface area contributed by atoms with Crippen molar-refractivity contribution in [2.45, 2.75) is 65.1 Å². The van der Waals surface area contributed by atoms with E-state index in [0.717, 1.165) is 19.0 Å². The average Bonchev–Trinajstić information content (AvgIpc) is 2.48. The quantitative estimate of drug-likeness (QED) is 0.872. The number of piperazine rings is 1. The third-order valence-electron chi connectivity index (χ3n) is 5.19. The highest BCUT2D eigenvalue weighted by Crippen LogP contribution is 2.32. The van der Waals surface area contributed by atoms with E-state index in [1.165, 1.54) is 18.4 Å². The number of rotatable bonds is 5. The maximum Gasteiger partial charge on any atom is 0.0476 e. The molecule has 1 aromatic carbocycles. The summed E-state index contributed by atoms with van der Waals surface area (Å²) >= 11 is 0. The molecule has 2 heteroatoms. The van der Waals surface area contributed by atoms with E-state index in [1.807, 2.05) is 0 Å². The largest absolute Gasteiger partial charge is 0.309 e. The zero-order valence-corrected chi connectivity index (χ0v) is 14.4. The van der Waals surface area contributed by atoms with Crippen molar-refractivity contribution in [3.8, 4) is 0 Å². The van der Waals surface area contributed by atoms with Gasteiger partial charge >= 0.3 is 0 Å². The number of nitrogens with one attached hydrogen (secondary N) is 1. The molecule has 0 saturated carbocycles. The van der Waals surface area contributed by atoms with Gasteiger partial charge in [-0.1, -0.05) is 57.0 Å². The van der Waals surface area contributed by atoms with E-state index >= 15 is 0 Å². The van der Waals surface area contributed by atoms with Gasteiger partial charge in [0.05, 0.1) is 0 Å². The van der Waals surface area contributed by atoms with Gasteiger partial charge in [0, 0.05) is 30.7 Å². The van der Waals surface area contributed by atoms with Gasteiger partial charge in [-0.2, -0.15) is 0 Å². The van der Waals surface area contributed by atoms with E-state index in [0.29, 0.717) is 12.1 Å². The Morgan fingerprint density at radius 2 is 1.81 bits per heavy atom.